The molecule has 0 fully saturated rings. The minimum atomic E-state index is -4.96. The fourth-order valence-electron chi connectivity index (χ4n) is 12.1. The normalized spacial score (nSPS) is 14.5. The molecule has 0 aromatic heterocycles. The highest BCUT2D eigenvalue weighted by atomic mass is 31.2. The number of rotatable bonds is 78. The molecular formula is C79H154O17P2. The highest BCUT2D eigenvalue weighted by Gasteiger charge is 2.30. The maximum atomic E-state index is 13.1. The molecule has 3 N–H and O–H groups in total. The van der Waals surface area contributed by atoms with Crippen molar-refractivity contribution in [3.8, 4) is 0 Å². The zero-order chi connectivity index (χ0) is 72.1. The van der Waals surface area contributed by atoms with Crippen LogP contribution >= 0.6 is 15.6 Å². The lowest BCUT2D eigenvalue weighted by Crippen LogP contribution is -2.30. The Morgan fingerprint density at radius 3 is 0.724 bits per heavy atom. The maximum absolute atomic E-state index is 13.1. The average Bonchev–Trinajstić information content (AvgIpc) is 0.939. The van der Waals surface area contributed by atoms with Crippen molar-refractivity contribution >= 4 is 39.5 Å². The van der Waals surface area contributed by atoms with Crippen LogP contribution in [0.4, 0.5) is 0 Å². The molecule has 0 saturated carbocycles. The van der Waals surface area contributed by atoms with Crippen molar-refractivity contribution in [2.75, 3.05) is 39.6 Å². The van der Waals surface area contributed by atoms with E-state index in [0.29, 0.717) is 25.7 Å². The Morgan fingerprint density at radius 2 is 0.490 bits per heavy atom. The molecule has 0 aliphatic heterocycles. The zero-order valence-electron chi connectivity index (χ0n) is 64.1. The van der Waals surface area contributed by atoms with Gasteiger partial charge in [0.15, 0.2) is 12.2 Å². The van der Waals surface area contributed by atoms with Gasteiger partial charge in [0.1, 0.15) is 19.3 Å². The van der Waals surface area contributed by atoms with Crippen LogP contribution in [0.25, 0.3) is 0 Å². The molecule has 0 saturated heterocycles. The summed E-state index contributed by atoms with van der Waals surface area (Å²) in [6, 6.07) is 0. The second-order valence-corrected chi connectivity index (χ2v) is 31.8. The van der Waals surface area contributed by atoms with Crippen molar-refractivity contribution in [3.05, 3.63) is 0 Å². The van der Waals surface area contributed by atoms with E-state index < -0.39 is 97.5 Å². The van der Waals surface area contributed by atoms with Gasteiger partial charge in [-0.2, -0.15) is 0 Å². The fraction of sp³-hybridized carbons (Fsp3) is 0.949. The molecule has 0 rings (SSSR count). The summed E-state index contributed by atoms with van der Waals surface area (Å²) in [5, 5.41) is 10.6. The molecule has 0 aromatic carbocycles. The molecule has 582 valence electrons. The number of ether oxygens (including phenoxy) is 4. The first kappa shape index (κ1) is 96.1. The Morgan fingerprint density at radius 1 is 0.286 bits per heavy atom. The molecule has 0 aliphatic carbocycles. The highest BCUT2D eigenvalue weighted by Crippen LogP contribution is 2.45. The molecule has 0 heterocycles. The number of carbonyl (C=O) groups excluding carboxylic acids is 4. The number of phosphoric acid groups is 2. The van der Waals surface area contributed by atoms with E-state index in [1.165, 1.54) is 231 Å². The highest BCUT2D eigenvalue weighted by molar-refractivity contribution is 7.47. The van der Waals surface area contributed by atoms with Crippen molar-refractivity contribution in [2.45, 2.75) is 432 Å². The van der Waals surface area contributed by atoms with Gasteiger partial charge in [-0.3, -0.25) is 37.3 Å². The largest absolute Gasteiger partial charge is 0.472 e. The number of hydrogen-bond donors (Lipinski definition) is 3. The molecule has 0 bridgehead atoms. The van der Waals surface area contributed by atoms with Crippen LogP contribution in [0.5, 0.6) is 0 Å². The molecule has 17 nitrogen and oxygen atoms in total. The number of esters is 4. The first-order chi connectivity index (χ1) is 47.4. The first-order valence-electron chi connectivity index (χ1n) is 41.1. The van der Waals surface area contributed by atoms with Crippen molar-refractivity contribution in [3.63, 3.8) is 0 Å². The van der Waals surface area contributed by atoms with Gasteiger partial charge in [-0.25, -0.2) is 9.13 Å². The van der Waals surface area contributed by atoms with Gasteiger partial charge in [-0.15, -0.1) is 0 Å². The van der Waals surface area contributed by atoms with E-state index >= 15 is 0 Å². The summed E-state index contributed by atoms with van der Waals surface area (Å²) in [6.45, 7) is 9.71. The van der Waals surface area contributed by atoms with Crippen LogP contribution in [0.15, 0.2) is 0 Å². The van der Waals surface area contributed by atoms with Crippen molar-refractivity contribution in [1.82, 2.24) is 0 Å². The molecule has 4 unspecified atom stereocenters. The Kier molecular flexibility index (Phi) is 69.3. The van der Waals surface area contributed by atoms with E-state index in [0.717, 1.165) is 102 Å². The van der Waals surface area contributed by atoms with E-state index in [1.807, 2.05) is 0 Å². The van der Waals surface area contributed by atoms with Gasteiger partial charge in [0.2, 0.25) is 0 Å². The number of carbonyl (C=O) groups is 4. The Balaban J connectivity index is 5.20. The van der Waals surface area contributed by atoms with Crippen molar-refractivity contribution in [2.24, 2.45) is 11.8 Å². The standard InChI is InChI=1S/C79H154O17P2/c1-7-11-13-15-17-19-29-37-43-49-55-61-76(81)89-67-74(95-78(83)63-57-51-45-39-30-20-18-16-14-12-8-2)69-93-97(85,86)91-65-73(80)66-92-98(87,88)94-70-75(68-90-77(82)62-56-50-44-38-34-33-36-42-48-54-60-72(6)10-4)96-79(84)64-58-52-46-40-32-28-26-24-22-21-23-25-27-31-35-41-47-53-59-71(5)9-3/h71-75,80H,7-70H2,1-6H3,(H,85,86)(H,87,88)/t71?,72?,73-,74+,75+/m0/s1. The minimum absolute atomic E-state index is 0.107. The van der Waals surface area contributed by atoms with E-state index in [9.17, 15) is 43.2 Å². The molecule has 0 spiro atoms. The monoisotopic (exact) mass is 1440 g/mol. The van der Waals surface area contributed by atoms with E-state index in [4.69, 9.17) is 37.0 Å². The van der Waals surface area contributed by atoms with Gasteiger partial charge in [0.25, 0.3) is 0 Å². The number of aliphatic hydroxyl groups is 1. The molecule has 0 amide bonds. The quantitative estimate of drug-likeness (QED) is 0.0222. The number of hydrogen-bond acceptors (Lipinski definition) is 15. The van der Waals surface area contributed by atoms with Crippen LogP contribution in [0.3, 0.4) is 0 Å². The lowest BCUT2D eigenvalue weighted by Gasteiger charge is -2.21. The van der Waals surface area contributed by atoms with Gasteiger partial charge >= 0.3 is 39.5 Å². The number of unbranched alkanes of at least 4 members (excludes halogenated alkanes) is 46. The van der Waals surface area contributed by atoms with Crippen LogP contribution in [0, 0.1) is 11.8 Å². The van der Waals surface area contributed by atoms with Crippen LogP contribution in [-0.4, -0.2) is 96.7 Å². The third-order valence-electron chi connectivity index (χ3n) is 19.2. The third kappa shape index (κ3) is 69.8. The summed E-state index contributed by atoms with van der Waals surface area (Å²) in [4.78, 5) is 72.9. The van der Waals surface area contributed by atoms with Crippen LogP contribution < -0.4 is 0 Å². The fourth-order valence-corrected chi connectivity index (χ4v) is 13.7. The van der Waals surface area contributed by atoms with Crippen LogP contribution in [0.1, 0.15) is 414 Å². The maximum Gasteiger partial charge on any atom is 0.472 e. The predicted molar refractivity (Wildman–Crippen MR) is 400 cm³/mol. The Bertz CT molecular complexity index is 1890. The van der Waals surface area contributed by atoms with Crippen molar-refractivity contribution < 1.29 is 80.2 Å². The predicted octanol–water partition coefficient (Wildman–Crippen LogP) is 23.5. The second-order valence-electron chi connectivity index (χ2n) is 28.9. The average molecular weight is 1440 g/mol. The summed E-state index contributed by atoms with van der Waals surface area (Å²) in [5.41, 5.74) is 0. The molecule has 7 atom stereocenters. The SMILES string of the molecule is CCCCCCCCCCCCCC(=O)OC[C@H](COP(=O)(O)OC[C@H](O)COP(=O)(O)OC[C@@H](COC(=O)CCCCCCCCCCCCC(C)CC)OC(=O)CCCCCCCCCCCCCCCCCCCCC(C)CC)OC(=O)CCCCCCCCCCCCC. The molecular weight excluding hydrogens is 1280 g/mol. The van der Waals surface area contributed by atoms with E-state index in [-0.39, 0.29) is 25.7 Å². The lowest BCUT2D eigenvalue weighted by molar-refractivity contribution is -0.161. The Hall–Kier alpha value is -1.94. The zero-order valence-corrected chi connectivity index (χ0v) is 65.9. The molecule has 0 aromatic rings. The van der Waals surface area contributed by atoms with Gasteiger partial charge < -0.3 is 33.8 Å². The van der Waals surface area contributed by atoms with Gasteiger partial charge in [-0.05, 0) is 37.5 Å². The van der Waals surface area contributed by atoms with Crippen LogP contribution in [0.2, 0.25) is 0 Å². The summed E-state index contributed by atoms with van der Waals surface area (Å²) < 4.78 is 68.6. The number of phosphoric ester groups is 2. The second kappa shape index (κ2) is 70.7. The van der Waals surface area contributed by atoms with Gasteiger partial charge in [0, 0.05) is 25.7 Å². The third-order valence-corrected chi connectivity index (χ3v) is 21.1. The van der Waals surface area contributed by atoms with Gasteiger partial charge in [-0.1, -0.05) is 363 Å². The Labute approximate surface area is 600 Å². The summed E-state index contributed by atoms with van der Waals surface area (Å²) in [7, 11) is -9.91. The van der Waals surface area contributed by atoms with E-state index in [2.05, 4.69) is 41.5 Å². The van der Waals surface area contributed by atoms with Crippen LogP contribution in [-0.2, 0) is 65.4 Å². The molecule has 19 heteroatoms. The molecule has 0 aliphatic rings. The number of aliphatic hydroxyl groups excluding tert-OH is 1. The smallest absolute Gasteiger partial charge is 0.462 e. The minimum Gasteiger partial charge on any atom is -0.462 e. The summed E-state index contributed by atoms with van der Waals surface area (Å²) in [5.74, 6) is -0.430. The first-order valence-corrected chi connectivity index (χ1v) is 44.1. The molecule has 0 radical (unpaired) electrons. The summed E-state index contributed by atoms with van der Waals surface area (Å²) in [6.07, 6.45) is 59.5. The van der Waals surface area contributed by atoms with Gasteiger partial charge in [0.05, 0.1) is 26.4 Å². The van der Waals surface area contributed by atoms with E-state index in [1.54, 1.807) is 0 Å². The lowest BCUT2D eigenvalue weighted by atomic mass is 9.99. The molecule has 98 heavy (non-hydrogen) atoms. The van der Waals surface area contributed by atoms with Crippen molar-refractivity contribution in [1.29, 1.82) is 0 Å². The summed E-state index contributed by atoms with van der Waals surface area (Å²) >= 11 is 0. The topological polar surface area (TPSA) is 237 Å².